The summed E-state index contributed by atoms with van der Waals surface area (Å²) in [7, 11) is 0. The number of amides is 1. The molecule has 6 heteroatoms. The van der Waals surface area contributed by atoms with Crippen molar-refractivity contribution in [1.29, 1.82) is 0 Å². The summed E-state index contributed by atoms with van der Waals surface area (Å²) in [5, 5.41) is 1.55. The molecule has 1 aliphatic rings. The number of rotatable bonds is 3. The fourth-order valence-corrected chi connectivity index (χ4v) is 4.63. The monoisotopic (exact) mass is 371 g/mol. The van der Waals surface area contributed by atoms with E-state index in [1.807, 2.05) is 41.4 Å². The SMILES string of the molecule is O=C(c1sc2ccccc2c1Cl)N1CCN(Cc2cccnc2)CC1. The maximum Gasteiger partial charge on any atom is 0.265 e. The second-order valence-corrected chi connectivity index (χ2v) is 7.60. The third-order valence-corrected chi connectivity index (χ3v) is 6.18. The number of aromatic nitrogens is 1. The Labute approximate surface area is 155 Å². The van der Waals surface area contributed by atoms with E-state index in [2.05, 4.69) is 16.0 Å². The molecule has 4 rings (SSSR count). The molecule has 2 aromatic heterocycles. The van der Waals surface area contributed by atoms with Crippen LogP contribution in [0.5, 0.6) is 0 Å². The van der Waals surface area contributed by atoms with Crippen LogP contribution in [-0.2, 0) is 6.54 Å². The topological polar surface area (TPSA) is 36.4 Å². The number of benzene rings is 1. The lowest BCUT2D eigenvalue weighted by atomic mass is 10.2. The first-order valence-electron chi connectivity index (χ1n) is 8.30. The molecular weight excluding hydrogens is 354 g/mol. The predicted molar refractivity (Wildman–Crippen MR) is 102 cm³/mol. The molecule has 1 saturated heterocycles. The van der Waals surface area contributed by atoms with Crippen molar-refractivity contribution in [3.63, 3.8) is 0 Å². The molecule has 1 aromatic carbocycles. The first-order valence-corrected chi connectivity index (χ1v) is 9.49. The minimum Gasteiger partial charge on any atom is -0.335 e. The number of fused-ring (bicyclic) bond motifs is 1. The van der Waals surface area contributed by atoms with E-state index in [4.69, 9.17) is 11.6 Å². The Bertz CT molecular complexity index is 888. The zero-order chi connectivity index (χ0) is 17.2. The van der Waals surface area contributed by atoms with E-state index in [-0.39, 0.29) is 5.91 Å². The minimum atomic E-state index is 0.0484. The lowest BCUT2D eigenvalue weighted by Gasteiger charge is -2.34. The quantitative estimate of drug-likeness (QED) is 0.700. The molecule has 1 aliphatic heterocycles. The number of thiophene rings is 1. The van der Waals surface area contributed by atoms with E-state index >= 15 is 0 Å². The number of carbonyl (C=O) groups excluding carboxylic acids is 1. The Morgan fingerprint density at radius 2 is 1.92 bits per heavy atom. The Morgan fingerprint density at radius 3 is 2.64 bits per heavy atom. The van der Waals surface area contributed by atoms with Gasteiger partial charge in [-0.1, -0.05) is 35.9 Å². The molecule has 0 saturated carbocycles. The molecule has 1 fully saturated rings. The van der Waals surface area contributed by atoms with E-state index in [0.717, 1.165) is 42.8 Å². The maximum atomic E-state index is 12.9. The van der Waals surface area contributed by atoms with Crippen LogP contribution in [0.15, 0.2) is 48.8 Å². The van der Waals surface area contributed by atoms with Crippen LogP contribution in [-0.4, -0.2) is 46.9 Å². The van der Waals surface area contributed by atoms with Crippen LogP contribution < -0.4 is 0 Å². The smallest absolute Gasteiger partial charge is 0.265 e. The van der Waals surface area contributed by atoms with Gasteiger partial charge in [0.15, 0.2) is 0 Å². The standard InChI is InChI=1S/C19H18ClN3OS/c20-17-15-5-1-2-6-16(15)25-18(17)19(24)23-10-8-22(9-11-23)13-14-4-3-7-21-12-14/h1-7,12H,8-11,13H2. The summed E-state index contributed by atoms with van der Waals surface area (Å²) in [5.41, 5.74) is 1.20. The van der Waals surface area contributed by atoms with Gasteiger partial charge in [0, 0.05) is 55.2 Å². The summed E-state index contributed by atoms with van der Waals surface area (Å²) in [6.07, 6.45) is 3.68. The average molecular weight is 372 g/mol. The highest BCUT2D eigenvalue weighted by atomic mass is 35.5. The molecule has 0 spiro atoms. The van der Waals surface area contributed by atoms with Crippen LogP contribution >= 0.6 is 22.9 Å². The predicted octanol–water partition coefficient (Wildman–Crippen LogP) is 3.91. The van der Waals surface area contributed by atoms with Gasteiger partial charge in [-0.2, -0.15) is 0 Å². The Balaban J connectivity index is 1.43. The fraction of sp³-hybridized carbons (Fsp3) is 0.263. The van der Waals surface area contributed by atoms with Crippen molar-refractivity contribution in [1.82, 2.24) is 14.8 Å². The molecule has 3 aromatic rings. The van der Waals surface area contributed by atoms with Gasteiger partial charge in [-0.3, -0.25) is 14.7 Å². The number of hydrogen-bond donors (Lipinski definition) is 0. The molecule has 0 atom stereocenters. The maximum absolute atomic E-state index is 12.9. The van der Waals surface area contributed by atoms with E-state index < -0.39 is 0 Å². The van der Waals surface area contributed by atoms with Crippen molar-refractivity contribution in [2.45, 2.75) is 6.54 Å². The average Bonchev–Trinajstić information content (AvgIpc) is 3.00. The largest absolute Gasteiger partial charge is 0.335 e. The molecule has 0 radical (unpaired) electrons. The van der Waals surface area contributed by atoms with Crippen molar-refractivity contribution >= 4 is 38.9 Å². The van der Waals surface area contributed by atoms with E-state index in [9.17, 15) is 4.79 Å². The van der Waals surface area contributed by atoms with Gasteiger partial charge < -0.3 is 4.90 Å². The second kappa shape index (κ2) is 7.12. The van der Waals surface area contributed by atoms with Crippen LogP contribution in [0.25, 0.3) is 10.1 Å². The van der Waals surface area contributed by atoms with Crippen LogP contribution in [0.4, 0.5) is 0 Å². The molecule has 0 N–H and O–H groups in total. The highest BCUT2D eigenvalue weighted by Gasteiger charge is 2.26. The second-order valence-electron chi connectivity index (χ2n) is 6.17. The van der Waals surface area contributed by atoms with Gasteiger partial charge in [-0.05, 0) is 17.7 Å². The highest BCUT2D eigenvalue weighted by molar-refractivity contribution is 7.21. The molecule has 4 nitrogen and oxygen atoms in total. The number of nitrogens with zero attached hydrogens (tertiary/aromatic N) is 3. The number of hydrogen-bond acceptors (Lipinski definition) is 4. The van der Waals surface area contributed by atoms with E-state index in [0.29, 0.717) is 9.90 Å². The van der Waals surface area contributed by atoms with Gasteiger partial charge in [-0.25, -0.2) is 0 Å². The first kappa shape index (κ1) is 16.5. The van der Waals surface area contributed by atoms with Crippen molar-refractivity contribution in [3.8, 4) is 0 Å². The summed E-state index contributed by atoms with van der Waals surface area (Å²) in [5.74, 6) is 0.0484. The van der Waals surface area contributed by atoms with Crippen LogP contribution in [0.3, 0.4) is 0 Å². The van der Waals surface area contributed by atoms with Gasteiger partial charge in [0.2, 0.25) is 0 Å². The van der Waals surface area contributed by atoms with Crippen molar-refractivity contribution in [3.05, 3.63) is 64.3 Å². The number of halogens is 1. The summed E-state index contributed by atoms with van der Waals surface area (Å²) in [6.45, 7) is 4.05. The summed E-state index contributed by atoms with van der Waals surface area (Å²) in [6, 6.07) is 11.9. The Hall–Kier alpha value is -1.95. The molecule has 0 aliphatic carbocycles. The van der Waals surface area contributed by atoms with Gasteiger partial charge >= 0.3 is 0 Å². The summed E-state index contributed by atoms with van der Waals surface area (Å²) < 4.78 is 1.06. The molecule has 128 valence electrons. The summed E-state index contributed by atoms with van der Waals surface area (Å²) >= 11 is 7.94. The minimum absolute atomic E-state index is 0.0484. The molecule has 1 amide bonds. The zero-order valence-electron chi connectivity index (χ0n) is 13.7. The molecular formula is C19H18ClN3OS. The molecule has 3 heterocycles. The lowest BCUT2D eigenvalue weighted by molar-refractivity contribution is 0.0633. The molecule has 0 bridgehead atoms. The lowest BCUT2D eigenvalue weighted by Crippen LogP contribution is -2.48. The fourth-order valence-electron chi connectivity index (χ4n) is 3.15. The third-order valence-electron chi connectivity index (χ3n) is 4.52. The molecule has 0 unspecified atom stereocenters. The Morgan fingerprint density at radius 1 is 1.12 bits per heavy atom. The van der Waals surface area contributed by atoms with Crippen molar-refractivity contribution in [2.24, 2.45) is 0 Å². The van der Waals surface area contributed by atoms with Crippen molar-refractivity contribution < 1.29 is 4.79 Å². The normalized spacial score (nSPS) is 15.6. The zero-order valence-corrected chi connectivity index (χ0v) is 15.3. The van der Waals surface area contributed by atoms with E-state index in [1.165, 1.54) is 16.9 Å². The molecule has 25 heavy (non-hydrogen) atoms. The van der Waals surface area contributed by atoms with Crippen LogP contribution in [0.2, 0.25) is 5.02 Å². The Kier molecular flexibility index (Phi) is 4.70. The van der Waals surface area contributed by atoms with Crippen LogP contribution in [0.1, 0.15) is 15.2 Å². The first-order chi connectivity index (χ1) is 12.2. The summed E-state index contributed by atoms with van der Waals surface area (Å²) in [4.78, 5) is 22.0. The van der Waals surface area contributed by atoms with Gasteiger partial charge in [0.25, 0.3) is 5.91 Å². The van der Waals surface area contributed by atoms with Crippen molar-refractivity contribution in [2.75, 3.05) is 26.2 Å². The number of pyridine rings is 1. The number of carbonyl (C=O) groups is 1. The van der Waals surface area contributed by atoms with Gasteiger partial charge in [-0.15, -0.1) is 11.3 Å². The number of piperazine rings is 1. The third kappa shape index (κ3) is 3.40. The van der Waals surface area contributed by atoms with Crippen LogP contribution in [0, 0.1) is 0 Å². The van der Waals surface area contributed by atoms with Gasteiger partial charge in [0.1, 0.15) is 4.88 Å². The highest BCUT2D eigenvalue weighted by Crippen LogP contribution is 2.36. The van der Waals surface area contributed by atoms with E-state index in [1.54, 1.807) is 6.20 Å². The van der Waals surface area contributed by atoms with Gasteiger partial charge in [0.05, 0.1) is 5.02 Å².